The van der Waals surface area contributed by atoms with Crippen LogP contribution in [0.15, 0.2) is 119 Å². The molecule has 11 rings (SSSR count). The highest BCUT2D eigenvalue weighted by Gasteiger charge is 2.46. The number of fused-ring (bicyclic) bond motifs is 4. The average Bonchev–Trinajstić information content (AvgIpc) is 3.98. The number of benzene rings is 4. The molecule has 7 aromatic rings. The number of rotatable bonds is 8. The molecule has 8 nitrogen and oxygen atoms in total. The number of phenolic OH excluding ortho intramolecular Hbond substituents is 1. The third-order valence-corrected chi connectivity index (χ3v) is 15.6. The first-order chi connectivity index (χ1) is 29.8. The Morgan fingerprint density at radius 3 is 2.49 bits per heavy atom. The maximum absolute atomic E-state index is 10.3. The van der Waals surface area contributed by atoms with Crippen molar-refractivity contribution in [1.29, 1.82) is 0 Å². The fourth-order valence-corrected chi connectivity index (χ4v) is 12.6. The fraction of sp³-hybridized carbons (Fsp3) is 0.346. The van der Waals surface area contributed by atoms with Gasteiger partial charge in [-0.05, 0) is 141 Å². The molecule has 1 saturated carbocycles. The number of hydrogen-bond acceptors (Lipinski definition) is 8. The highest BCUT2D eigenvalue weighted by atomic mass is 32.1. The second-order valence-corrected chi connectivity index (χ2v) is 19.4. The Balaban J connectivity index is 0.786. The first-order valence-corrected chi connectivity index (χ1v) is 22.9. The number of nitrogens with zero attached hydrogens (tertiary/aromatic N) is 6. The first kappa shape index (κ1) is 38.1. The summed E-state index contributed by atoms with van der Waals surface area (Å²) in [5, 5.41) is 20.6. The van der Waals surface area contributed by atoms with Gasteiger partial charge in [-0.25, -0.2) is 4.98 Å². The van der Waals surface area contributed by atoms with E-state index in [1.807, 2.05) is 19.1 Å². The first-order valence-electron chi connectivity index (χ1n) is 22.1. The van der Waals surface area contributed by atoms with E-state index in [2.05, 4.69) is 123 Å². The van der Waals surface area contributed by atoms with Crippen LogP contribution in [0.25, 0.3) is 5.00 Å². The van der Waals surface area contributed by atoms with Gasteiger partial charge < -0.3 is 14.4 Å². The molecule has 308 valence electrons. The number of anilines is 1. The SMILES string of the molecule is Cc1sc2c(c1C)C(c1ccc(CC3CC4(CCCN(c5ccc([C@@H]6c7ccc(O)cc7CC[C@@H]6c6ccccc6)cc5)C4)C3)cc1)=N[C@@H](Cc1ncco1)c1nnc(C)n1-2. The maximum Gasteiger partial charge on any atom is 0.196 e. The Morgan fingerprint density at radius 1 is 0.885 bits per heavy atom. The molecule has 3 atom stereocenters. The number of hydrogen-bond donors (Lipinski definition) is 1. The van der Waals surface area contributed by atoms with Crippen molar-refractivity contribution >= 4 is 22.7 Å². The standard InChI is InChI=1S/C52H52N6O2S/c1-32-33(2)61-51-47(32)49(54-45(28-46-53-23-25-60-46)50-56-55-34(3)58(50)51)39-12-10-35(11-13-39)26-36-29-52(30-36)22-7-24-57(31-52)41-17-14-38(15-18-41)48-43(37-8-5-4-6-9-37)20-16-40-27-42(59)19-21-44(40)48/h4-6,8-15,17-19,21,23,25,27,36,43,45,48,59H,7,16,20,22,24,26,28-31H2,1-3H3/t36?,43-,45+,48+,52?/m1/s1. The molecular weight excluding hydrogens is 773 g/mol. The summed E-state index contributed by atoms with van der Waals surface area (Å²) in [6.07, 6.45) is 12.2. The van der Waals surface area contributed by atoms with Crippen molar-refractivity contribution in [2.24, 2.45) is 16.3 Å². The molecule has 2 aliphatic carbocycles. The summed E-state index contributed by atoms with van der Waals surface area (Å²) in [5.41, 5.74) is 13.1. The van der Waals surface area contributed by atoms with Crippen LogP contribution >= 0.6 is 11.3 Å². The van der Waals surface area contributed by atoms with Crippen molar-refractivity contribution in [3.05, 3.63) is 176 Å². The summed E-state index contributed by atoms with van der Waals surface area (Å²) in [5.74, 6) is 4.08. The second kappa shape index (κ2) is 15.3. The van der Waals surface area contributed by atoms with Gasteiger partial charge in [0.1, 0.15) is 28.9 Å². The van der Waals surface area contributed by atoms with E-state index in [0.717, 1.165) is 60.3 Å². The van der Waals surface area contributed by atoms with Gasteiger partial charge in [-0.3, -0.25) is 9.56 Å². The van der Waals surface area contributed by atoms with Crippen molar-refractivity contribution in [3.63, 3.8) is 0 Å². The minimum atomic E-state index is -0.273. The van der Waals surface area contributed by atoms with Crippen LogP contribution in [0.1, 0.15) is 117 Å². The predicted molar refractivity (Wildman–Crippen MR) is 243 cm³/mol. The number of aromatic nitrogens is 4. The molecule has 3 aromatic heterocycles. The molecule has 2 aliphatic heterocycles. The van der Waals surface area contributed by atoms with Crippen LogP contribution in [0, 0.1) is 32.1 Å². The lowest BCUT2D eigenvalue weighted by Crippen LogP contribution is -2.51. The summed E-state index contributed by atoms with van der Waals surface area (Å²) in [7, 11) is 0. The lowest BCUT2D eigenvalue weighted by atomic mass is 9.57. The summed E-state index contributed by atoms with van der Waals surface area (Å²) in [4.78, 5) is 13.8. The zero-order valence-corrected chi connectivity index (χ0v) is 36.0. The van der Waals surface area contributed by atoms with Crippen molar-refractivity contribution < 1.29 is 9.52 Å². The fourth-order valence-electron chi connectivity index (χ4n) is 11.4. The number of piperidine rings is 1. The largest absolute Gasteiger partial charge is 0.508 e. The van der Waals surface area contributed by atoms with E-state index in [4.69, 9.17) is 9.41 Å². The summed E-state index contributed by atoms with van der Waals surface area (Å²) < 4.78 is 7.88. The van der Waals surface area contributed by atoms with Gasteiger partial charge in [-0.15, -0.1) is 21.5 Å². The van der Waals surface area contributed by atoms with Gasteiger partial charge in [0.05, 0.1) is 18.3 Å². The van der Waals surface area contributed by atoms with Gasteiger partial charge in [0.15, 0.2) is 11.7 Å². The molecule has 61 heavy (non-hydrogen) atoms. The molecule has 1 spiro atoms. The van der Waals surface area contributed by atoms with Crippen LogP contribution in [-0.4, -0.2) is 43.7 Å². The van der Waals surface area contributed by atoms with Gasteiger partial charge in [0.25, 0.3) is 0 Å². The second-order valence-electron chi connectivity index (χ2n) is 18.2. The smallest absolute Gasteiger partial charge is 0.196 e. The third-order valence-electron chi connectivity index (χ3n) is 14.4. The van der Waals surface area contributed by atoms with Gasteiger partial charge >= 0.3 is 0 Å². The summed E-state index contributed by atoms with van der Waals surface area (Å²) >= 11 is 1.79. The number of aromatic hydroxyl groups is 1. The molecule has 0 bridgehead atoms. The minimum Gasteiger partial charge on any atom is -0.508 e. The predicted octanol–water partition coefficient (Wildman–Crippen LogP) is 11.2. The topological polar surface area (TPSA) is 92.6 Å². The molecule has 9 heteroatoms. The number of thiophene rings is 1. The maximum atomic E-state index is 10.3. The number of aryl methyl sites for hydroxylation is 3. The Labute approximate surface area is 362 Å². The number of phenols is 1. The minimum absolute atomic E-state index is 0.269. The molecule has 0 radical (unpaired) electrons. The van der Waals surface area contributed by atoms with E-state index in [9.17, 15) is 5.11 Å². The van der Waals surface area contributed by atoms with Crippen LogP contribution < -0.4 is 4.90 Å². The van der Waals surface area contributed by atoms with Crippen molar-refractivity contribution in [2.45, 2.75) is 90.0 Å². The summed E-state index contributed by atoms with van der Waals surface area (Å²) in [6.45, 7) is 8.69. The molecule has 0 unspecified atom stereocenters. The van der Waals surface area contributed by atoms with Gasteiger partial charge in [-0.2, -0.15) is 0 Å². The van der Waals surface area contributed by atoms with Crippen LogP contribution in [0.3, 0.4) is 0 Å². The van der Waals surface area contributed by atoms with Gasteiger partial charge in [-0.1, -0.05) is 72.8 Å². The molecular formula is C52H52N6O2S. The lowest BCUT2D eigenvalue weighted by molar-refractivity contribution is 0.0386. The van der Waals surface area contributed by atoms with Gasteiger partial charge in [0, 0.05) is 40.7 Å². The number of oxazole rings is 1. The summed E-state index contributed by atoms with van der Waals surface area (Å²) in [6, 6.07) is 35.5. The Bertz CT molecular complexity index is 2730. The van der Waals surface area contributed by atoms with Crippen molar-refractivity contribution in [1.82, 2.24) is 19.7 Å². The normalized spacial score (nSPS) is 23.1. The Hall–Kier alpha value is -5.80. The Morgan fingerprint density at radius 2 is 1.70 bits per heavy atom. The average molecular weight is 825 g/mol. The highest BCUT2D eigenvalue weighted by molar-refractivity contribution is 7.15. The monoisotopic (exact) mass is 824 g/mol. The van der Waals surface area contributed by atoms with Crippen LogP contribution in [-0.2, 0) is 19.3 Å². The van der Waals surface area contributed by atoms with E-state index in [1.54, 1.807) is 23.8 Å². The lowest BCUT2D eigenvalue weighted by Gasteiger charge is -2.54. The van der Waals surface area contributed by atoms with Crippen molar-refractivity contribution in [3.8, 4) is 10.8 Å². The van der Waals surface area contributed by atoms with Gasteiger partial charge in [0.2, 0.25) is 0 Å². The van der Waals surface area contributed by atoms with Crippen LogP contribution in [0.4, 0.5) is 5.69 Å². The van der Waals surface area contributed by atoms with Crippen molar-refractivity contribution in [2.75, 3.05) is 18.0 Å². The quantitative estimate of drug-likeness (QED) is 0.164. The molecule has 4 aromatic carbocycles. The van der Waals surface area contributed by atoms with E-state index in [1.165, 1.54) is 75.2 Å². The van der Waals surface area contributed by atoms with Crippen LogP contribution in [0.2, 0.25) is 0 Å². The van der Waals surface area contributed by atoms with E-state index < -0.39 is 0 Å². The molecule has 0 amide bonds. The molecule has 1 saturated heterocycles. The zero-order valence-electron chi connectivity index (χ0n) is 35.2. The highest BCUT2D eigenvalue weighted by Crippen LogP contribution is 2.53. The third kappa shape index (κ3) is 6.91. The molecule has 4 aliphatic rings. The molecule has 1 N–H and O–H groups in total. The van der Waals surface area contributed by atoms with E-state index in [0.29, 0.717) is 35.3 Å². The van der Waals surface area contributed by atoms with E-state index >= 15 is 0 Å². The zero-order chi connectivity index (χ0) is 41.2. The van der Waals surface area contributed by atoms with E-state index in [-0.39, 0.29) is 12.0 Å². The Kier molecular flexibility index (Phi) is 9.55. The molecule has 5 heterocycles. The number of aliphatic imine (C=N–C) groups is 1. The molecule has 2 fully saturated rings. The van der Waals surface area contributed by atoms with Crippen LogP contribution in [0.5, 0.6) is 5.75 Å².